The number of anilines is 1. The highest BCUT2D eigenvalue weighted by Gasteiger charge is 2.38. The molecule has 1 amide bonds. The normalized spacial score (nSPS) is 18.2. The number of fused-ring (bicyclic) bond motifs is 1. The zero-order chi connectivity index (χ0) is 9.64. The second-order valence-corrected chi connectivity index (χ2v) is 3.77. The summed E-state index contributed by atoms with van der Waals surface area (Å²) in [4.78, 5) is 11.4. The first-order chi connectivity index (χ1) is 6.01. The Morgan fingerprint density at radius 2 is 2.08 bits per heavy atom. The fourth-order valence-corrected chi connectivity index (χ4v) is 1.57. The number of amides is 1. The summed E-state index contributed by atoms with van der Waals surface area (Å²) >= 11 is 0. The molecule has 0 spiro atoms. The Morgan fingerprint density at radius 1 is 1.38 bits per heavy atom. The van der Waals surface area contributed by atoms with Gasteiger partial charge in [0.05, 0.1) is 5.41 Å². The van der Waals surface area contributed by atoms with Gasteiger partial charge in [-0.1, -0.05) is 6.07 Å². The van der Waals surface area contributed by atoms with Gasteiger partial charge in [-0.2, -0.15) is 0 Å². The number of rotatable bonds is 0. The molecule has 0 saturated heterocycles. The molecule has 0 saturated carbocycles. The van der Waals surface area contributed by atoms with Crippen LogP contribution in [-0.4, -0.2) is 5.91 Å². The average molecular weight is 179 g/mol. The molecule has 1 aromatic carbocycles. The summed E-state index contributed by atoms with van der Waals surface area (Å²) in [5, 5.41) is 2.65. The maximum atomic E-state index is 12.8. The molecule has 0 unspecified atom stereocenters. The van der Waals surface area contributed by atoms with E-state index in [-0.39, 0.29) is 11.7 Å². The summed E-state index contributed by atoms with van der Waals surface area (Å²) in [5.74, 6) is -0.398. The molecule has 0 bridgehead atoms. The topological polar surface area (TPSA) is 29.1 Å². The standard InChI is InChI=1S/C10H10FNO/c1-10(2)7-4-3-6(11)5-8(7)12-9(10)13/h3-5H,1-2H3,(H,12,13). The van der Waals surface area contributed by atoms with Gasteiger partial charge < -0.3 is 5.32 Å². The molecular formula is C10H10FNO. The molecule has 1 N–H and O–H groups in total. The van der Waals surface area contributed by atoms with Crippen LogP contribution >= 0.6 is 0 Å². The SMILES string of the molecule is CC1(C)C(=O)Nc2cc(F)ccc21. The van der Waals surface area contributed by atoms with Crippen LogP contribution in [0.1, 0.15) is 19.4 Å². The fourth-order valence-electron chi connectivity index (χ4n) is 1.57. The van der Waals surface area contributed by atoms with Gasteiger partial charge in [0.25, 0.3) is 0 Å². The molecule has 1 heterocycles. The van der Waals surface area contributed by atoms with E-state index in [1.165, 1.54) is 12.1 Å². The van der Waals surface area contributed by atoms with Crippen molar-refractivity contribution in [3.8, 4) is 0 Å². The smallest absolute Gasteiger partial charge is 0.234 e. The maximum absolute atomic E-state index is 12.8. The summed E-state index contributed by atoms with van der Waals surface area (Å²) in [7, 11) is 0. The summed E-state index contributed by atoms with van der Waals surface area (Å²) in [6, 6.07) is 4.38. The lowest BCUT2D eigenvalue weighted by atomic mass is 9.86. The quantitative estimate of drug-likeness (QED) is 0.648. The minimum atomic E-state index is -0.539. The second kappa shape index (κ2) is 2.31. The first-order valence-corrected chi connectivity index (χ1v) is 4.13. The van der Waals surface area contributed by atoms with Crippen molar-refractivity contribution in [3.63, 3.8) is 0 Å². The van der Waals surface area contributed by atoms with Gasteiger partial charge in [-0.3, -0.25) is 4.79 Å². The number of hydrogen-bond donors (Lipinski definition) is 1. The minimum Gasteiger partial charge on any atom is -0.325 e. The van der Waals surface area contributed by atoms with Crippen molar-refractivity contribution < 1.29 is 9.18 Å². The molecular weight excluding hydrogens is 169 g/mol. The van der Waals surface area contributed by atoms with E-state index in [9.17, 15) is 9.18 Å². The third-order valence-electron chi connectivity index (χ3n) is 2.47. The van der Waals surface area contributed by atoms with Crippen LogP contribution in [0.4, 0.5) is 10.1 Å². The first kappa shape index (κ1) is 8.23. The van der Waals surface area contributed by atoms with Gasteiger partial charge in [-0.15, -0.1) is 0 Å². The van der Waals surface area contributed by atoms with Crippen LogP contribution in [0.2, 0.25) is 0 Å². The lowest BCUT2D eigenvalue weighted by Gasteiger charge is -2.14. The highest BCUT2D eigenvalue weighted by atomic mass is 19.1. The summed E-state index contributed by atoms with van der Waals surface area (Å²) in [5.41, 5.74) is 0.914. The van der Waals surface area contributed by atoms with Crippen LogP contribution in [0.3, 0.4) is 0 Å². The number of carbonyl (C=O) groups excluding carboxylic acids is 1. The Labute approximate surface area is 75.8 Å². The van der Waals surface area contributed by atoms with Crippen LogP contribution in [-0.2, 0) is 10.2 Å². The van der Waals surface area contributed by atoms with E-state index in [0.717, 1.165) is 5.56 Å². The van der Waals surface area contributed by atoms with Crippen molar-refractivity contribution in [2.75, 3.05) is 5.32 Å². The van der Waals surface area contributed by atoms with Gasteiger partial charge in [0.1, 0.15) is 5.82 Å². The zero-order valence-electron chi connectivity index (χ0n) is 7.52. The Hall–Kier alpha value is -1.38. The minimum absolute atomic E-state index is 0.0758. The van der Waals surface area contributed by atoms with Crippen molar-refractivity contribution >= 4 is 11.6 Å². The highest BCUT2D eigenvalue weighted by molar-refractivity contribution is 6.05. The Kier molecular flexibility index (Phi) is 1.46. The monoisotopic (exact) mass is 179 g/mol. The highest BCUT2D eigenvalue weighted by Crippen LogP contribution is 2.37. The molecule has 1 aliphatic heterocycles. The lowest BCUT2D eigenvalue weighted by Crippen LogP contribution is -2.26. The molecule has 2 rings (SSSR count). The molecule has 3 heteroatoms. The first-order valence-electron chi connectivity index (χ1n) is 4.13. The van der Waals surface area contributed by atoms with E-state index < -0.39 is 5.41 Å². The van der Waals surface area contributed by atoms with Gasteiger partial charge in [-0.05, 0) is 31.5 Å². The molecule has 13 heavy (non-hydrogen) atoms. The van der Waals surface area contributed by atoms with Gasteiger partial charge in [0.15, 0.2) is 0 Å². The van der Waals surface area contributed by atoms with E-state index in [0.29, 0.717) is 5.69 Å². The van der Waals surface area contributed by atoms with Gasteiger partial charge in [0.2, 0.25) is 5.91 Å². The number of benzene rings is 1. The van der Waals surface area contributed by atoms with Crippen molar-refractivity contribution in [1.29, 1.82) is 0 Å². The second-order valence-electron chi connectivity index (χ2n) is 3.77. The third kappa shape index (κ3) is 1.03. The lowest BCUT2D eigenvalue weighted by molar-refractivity contribution is -0.119. The largest absolute Gasteiger partial charge is 0.325 e. The summed E-state index contributed by atoms with van der Waals surface area (Å²) in [6.07, 6.45) is 0. The number of hydrogen-bond acceptors (Lipinski definition) is 1. The number of nitrogens with one attached hydrogen (secondary N) is 1. The predicted molar refractivity (Wildman–Crippen MR) is 48.1 cm³/mol. The van der Waals surface area contributed by atoms with E-state index in [4.69, 9.17) is 0 Å². The fraction of sp³-hybridized carbons (Fsp3) is 0.300. The number of halogens is 1. The van der Waals surface area contributed by atoms with Crippen LogP contribution in [0.15, 0.2) is 18.2 Å². The van der Waals surface area contributed by atoms with Crippen molar-refractivity contribution in [2.45, 2.75) is 19.3 Å². The molecule has 2 nitrogen and oxygen atoms in total. The summed E-state index contributed by atoms with van der Waals surface area (Å²) < 4.78 is 12.8. The van der Waals surface area contributed by atoms with E-state index in [1.807, 2.05) is 13.8 Å². The summed E-state index contributed by atoms with van der Waals surface area (Å²) in [6.45, 7) is 3.65. The molecule has 1 aliphatic rings. The Bertz CT molecular complexity index is 385. The van der Waals surface area contributed by atoms with Gasteiger partial charge in [0, 0.05) is 5.69 Å². The van der Waals surface area contributed by atoms with Gasteiger partial charge >= 0.3 is 0 Å². The molecule has 1 aromatic rings. The van der Waals surface area contributed by atoms with Crippen molar-refractivity contribution in [3.05, 3.63) is 29.6 Å². The molecule has 0 aromatic heterocycles. The van der Waals surface area contributed by atoms with Crippen LogP contribution in [0.5, 0.6) is 0 Å². The Morgan fingerprint density at radius 3 is 2.77 bits per heavy atom. The predicted octanol–water partition coefficient (Wildman–Crippen LogP) is 2.06. The molecule has 0 fully saturated rings. The van der Waals surface area contributed by atoms with E-state index in [2.05, 4.69) is 5.32 Å². The Balaban J connectivity index is 2.62. The van der Waals surface area contributed by atoms with Crippen LogP contribution in [0, 0.1) is 5.82 Å². The zero-order valence-corrected chi connectivity index (χ0v) is 7.52. The molecule has 0 atom stereocenters. The van der Waals surface area contributed by atoms with Gasteiger partial charge in [-0.25, -0.2) is 4.39 Å². The third-order valence-corrected chi connectivity index (χ3v) is 2.47. The molecule has 0 aliphatic carbocycles. The van der Waals surface area contributed by atoms with Crippen molar-refractivity contribution in [2.24, 2.45) is 0 Å². The van der Waals surface area contributed by atoms with Crippen molar-refractivity contribution in [1.82, 2.24) is 0 Å². The van der Waals surface area contributed by atoms with Crippen LogP contribution in [0.25, 0.3) is 0 Å². The van der Waals surface area contributed by atoms with E-state index in [1.54, 1.807) is 6.07 Å². The average Bonchev–Trinajstić information content (AvgIpc) is 2.23. The molecule has 68 valence electrons. The van der Waals surface area contributed by atoms with Crippen LogP contribution < -0.4 is 5.32 Å². The molecule has 0 radical (unpaired) electrons. The van der Waals surface area contributed by atoms with E-state index >= 15 is 0 Å². The number of carbonyl (C=O) groups is 1. The maximum Gasteiger partial charge on any atom is 0.234 e.